The highest BCUT2D eigenvalue weighted by Crippen LogP contribution is 2.33. The molecule has 0 amide bonds. The molecule has 0 saturated heterocycles. The van der Waals surface area contributed by atoms with Gasteiger partial charge < -0.3 is 19.3 Å². The van der Waals surface area contributed by atoms with Crippen molar-refractivity contribution in [1.29, 1.82) is 0 Å². The van der Waals surface area contributed by atoms with E-state index >= 15 is 0 Å². The van der Waals surface area contributed by atoms with Crippen LogP contribution in [0.15, 0.2) is 22.7 Å². The van der Waals surface area contributed by atoms with Gasteiger partial charge in [0.05, 0.1) is 23.9 Å². The molecule has 2 rings (SSSR count). The third-order valence-electron chi connectivity index (χ3n) is 2.50. The molecular weight excluding hydrogens is 282 g/mol. The SMILES string of the molecule is COCCOc1c(Cl)cccc1NCc1nc(C)no1. The smallest absolute Gasteiger partial charge is 0.245 e. The number of aromatic nitrogens is 2. The molecule has 1 N–H and O–H groups in total. The van der Waals surface area contributed by atoms with Crippen LogP contribution in [0, 0.1) is 6.92 Å². The Labute approximate surface area is 122 Å². The zero-order valence-corrected chi connectivity index (χ0v) is 12.1. The van der Waals surface area contributed by atoms with Crippen LogP contribution >= 0.6 is 11.6 Å². The largest absolute Gasteiger partial charge is 0.487 e. The number of hydrogen-bond acceptors (Lipinski definition) is 6. The van der Waals surface area contributed by atoms with Crippen molar-refractivity contribution in [2.75, 3.05) is 25.6 Å². The molecule has 0 aliphatic heterocycles. The van der Waals surface area contributed by atoms with Crippen molar-refractivity contribution in [1.82, 2.24) is 10.1 Å². The van der Waals surface area contributed by atoms with E-state index in [1.165, 1.54) is 0 Å². The topological polar surface area (TPSA) is 69.4 Å². The molecule has 0 saturated carbocycles. The van der Waals surface area contributed by atoms with Crippen molar-refractivity contribution < 1.29 is 14.0 Å². The van der Waals surface area contributed by atoms with Gasteiger partial charge in [-0.1, -0.05) is 22.8 Å². The predicted octanol–water partition coefficient (Wildman–Crippen LogP) is 2.67. The van der Waals surface area contributed by atoms with Crippen molar-refractivity contribution in [2.24, 2.45) is 0 Å². The van der Waals surface area contributed by atoms with E-state index in [-0.39, 0.29) is 0 Å². The quantitative estimate of drug-likeness (QED) is 0.792. The van der Waals surface area contributed by atoms with Gasteiger partial charge in [-0.25, -0.2) is 0 Å². The van der Waals surface area contributed by atoms with Gasteiger partial charge >= 0.3 is 0 Å². The lowest BCUT2D eigenvalue weighted by atomic mass is 10.3. The number of halogens is 1. The van der Waals surface area contributed by atoms with Crippen molar-refractivity contribution >= 4 is 17.3 Å². The number of methoxy groups -OCH3 is 1. The normalized spacial score (nSPS) is 10.6. The first-order chi connectivity index (χ1) is 9.70. The number of nitrogens with zero attached hydrogens (tertiary/aromatic N) is 2. The first kappa shape index (κ1) is 14.6. The molecule has 0 atom stereocenters. The number of hydrogen-bond donors (Lipinski definition) is 1. The molecule has 0 aliphatic carbocycles. The van der Waals surface area contributed by atoms with Crippen LogP contribution in [0.1, 0.15) is 11.7 Å². The number of anilines is 1. The molecule has 108 valence electrons. The lowest BCUT2D eigenvalue weighted by molar-refractivity contribution is 0.146. The zero-order chi connectivity index (χ0) is 14.4. The van der Waals surface area contributed by atoms with Crippen molar-refractivity contribution in [3.8, 4) is 5.75 Å². The second kappa shape index (κ2) is 7.12. The first-order valence-corrected chi connectivity index (χ1v) is 6.52. The summed E-state index contributed by atoms with van der Waals surface area (Å²) < 4.78 is 15.6. The summed E-state index contributed by atoms with van der Waals surface area (Å²) >= 11 is 6.14. The minimum Gasteiger partial charge on any atom is -0.487 e. The Kier molecular flexibility index (Phi) is 5.20. The average molecular weight is 298 g/mol. The Morgan fingerprint density at radius 3 is 2.90 bits per heavy atom. The monoisotopic (exact) mass is 297 g/mol. The molecule has 2 aromatic rings. The fourth-order valence-corrected chi connectivity index (χ4v) is 1.83. The summed E-state index contributed by atoms with van der Waals surface area (Å²) in [7, 11) is 1.62. The van der Waals surface area contributed by atoms with Crippen LogP contribution in [-0.4, -0.2) is 30.5 Å². The number of aryl methyl sites for hydroxylation is 1. The average Bonchev–Trinajstić information content (AvgIpc) is 2.85. The Bertz CT molecular complexity index is 560. The Hall–Kier alpha value is -1.79. The molecule has 0 aliphatic rings. The number of benzene rings is 1. The molecule has 1 aromatic carbocycles. The molecule has 1 heterocycles. The molecule has 0 fully saturated rings. The van der Waals surface area contributed by atoms with Crippen LogP contribution in [0.4, 0.5) is 5.69 Å². The number of ether oxygens (including phenoxy) is 2. The third-order valence-corrected chi connectivity index (χ3v) is 2.80. The standard InChI is InChI=1S/C13H16ClN3O3/c1-9-16-12(20-17-9)8-15-11-5-3-4-10(14)13(11)19-7-6-18-2/h3-5,15H,6-8H2,1-2H3. The molecular formula is C13H16ClN3O3. The Morgan fingerprint density at radius 1 is 1.35 bits per heavy atom. The van der Waals surface area contributed by atoms with Gasteiger partial charge in [-0.2, -0.15) is 4.98 Å². The van der Waals surface area contributed by atoms with Gasteiger partial charge in [-0.3, -0.25) is 0 Å². The number of nitrogens with one attached hydrogen (secondary N) is 1. The van der Waals surface area contributed by atoms with Gasteiger partial charge in [0.25, 0.3) is 0 Å². The summed E-state index contributed by atoms with van der Waals surface area (Å²) in [5, 5.41) is 7.43. The zero-order valence-electron chi connectivity index (χ0n) is 11.4. The summed E-state index contributed by atoms with van der Waals surface area (Å²) in [6.45, 7) is 3.09. The molecule has 20 heavy (non-hydrogen) atoms. The lowest BCUT2D eigenvalue weighted by Gasteiger charge is -2.13. The summed E-state index contributed by atoms with van der Waals surface area (Å²) in [6, 6.07) is 5.48. The minimum atomic E-state index is 0.405. The van der Waals surface area contributed by atoms with Crippen LogP contribution in [0.5, 0.6) is 5.75 Å². The fraction of sp³-hybridized carbons (Fsp3) is 0.385. The van der Waals surface area contributed by atoms with E-state index < -0.39 is 0 Å². The predicted molar refractivity (Wildman–Crippen MR) is 75.2 cm³/mol. The highest BCUT2D eigenvalue weighted by atomic mass is 35.5. The van der Waals surface area contributed by atoms with Gasteiger partial charge in [0.15, 0.2) is 11.6 Å². The Morgan fingerprint density at radius 2 is 2.20 bits per heavy atom. The van der Waals surface area contributed by atoms with Crippen LogP contribution in [0.3, 0.4) is 0 Å². The molecule has 0 unspecified atom stereocenters. The van der Waals surface area contributed by atoms with Crippen LogP contribution < -0.4 is 10.1 Å². The van der Waals surface area contributed by atoms with Gasteiger partial charge in [0.1, 0.15) is 6.61 Å². The molecule has 0 radical (unpaired) electrons. The second-order valence-electron chi connectivity index (χ2n) is 4.05. The van der Waals surface area contributed by atoms with Crippen molar-refractivity contribution in [2.45, 2.75) is 13.5 Å². The van der Waals surface area contributed by atoms with E-state index in [2.05, 4.69) is 15.5 Å². The van der Waals surface area contributed by atoms with Gasteiger partial charge in [0.2, 0.25) is 5.89 Å². The highest BCUT2D eigenvalue weighted by Gasteiger charge is 2.10. The number of rotatable bonds is 7. The van der Waals surface area contributed by atoms with Crippen LogP contribution in [0.2, 0.25) is 5.02 Å². The van der Waals surface area contributed by atoms with Crippen LogP contribution in [0.25, 0.3) is 0 Å². The maximum atomic E-state index is 6.14. The summed E-state index contributed by atoms with van der Waals surface area (Å²) in [4.78, 5) is 4.12. The van der Waals surface area contributed by atoms with Crippen LogP contribution in [-0.2, 0) is 11.3 Å². The van der Waals surface area contributed by atoms with E-state index in [4.69, 9.17) is 25.6 Å². The maximum absolute atomic E-state index is 6.14. The van der Waals surface area contributed by atoms with Crippen molar-refractivity contribution in [3.05, 3.63) is 34.9 Å². The Balaban J connectivity index is 2.04. The molecule has 0 spiro atoms. The molecule has 0 bridgehead atoms. The van der Waals surface area contributed by atoms with Gasteiger partial charge in [-0.15, -0.1) is 0 Å². The third kappa shape index (κ3) is 3.85. The van der Waals surface area contributed by atoms with Gasteiger partial charge in [0, 0.05) is 7.11 Å². The highest BCUT2D eigenvalue weighted by molar-refractivity contribution is 6.32. The van der Waals surface area contributed by atoms with Crippen molar-refractivity contribution in [3.63, 3.8) is 0 Å². The van der Waals surface area contributed by atoms with E-state index in [1.54, 1.807) is 20.1 Å². The minimum absolute atomic E-state index is 0.405. The fourth-order valence-electron chi connectivity index (χ4n) is 1.60. The lowest BCUT2D eigenvalue weighted by Crippen LogP contribution is -2.08. The van der Waals surface area contributed by atoms with E-state index in [0.717, 1.165) is 5.69 Å². The second-order valence-corrected chi connectivity index (χ2v) is 4.45. The molecule has 1 aromatic heterocycles. The van der Waals surface area contributed by atoms with Gasteiger partial charge in [-0.05, 0) is 19.1 Å². The van der Waals surface area contributed by atoms with E-state index in [9.17, 15) is 0 Å². The number of para-hydroxylation sites is 1. The summed E-state index contributed by atoms with van der Waals surface area (Å²) in [6.07, 6.45) is 0. The van der Waals surface area contributed by atoms with E-state index in [1.807, 2.05) is 12.1 Å². The summed E-state index contributed by atoms with van der Waals surface area (Å²) in [5.41, 5.74) is 0.768. The summed E-state index contributed by atoms with van der Waals surface area (Å²) in [5.74, 6) is 1.69. The maximum Gasteiger partial charge on any atom is 0.245 e. The molecule has 7 heteroatoms. The van der Waals surface area contributed by atoms with E-state index in [0.29, 0.717) is 42.2 Å². The molecule has 6 nitrogen and oxygen atoms in total. The first-order valence-electron chi connectivity index (χ1n) is 6.14.